The van der Waals surface area contributed by atoms with Gasteiger partial charge in [0.2, 0.25) is 5.91 Å². The molecule has 0 aliphatic carbocycles. The average molecular weight is 434 g/mol. The van der Waals surface area contributed by atoms with Crippen LogP contribution in [-0.2, 0) is 34.2 Å². The molecule has 0 aromatic heterocycles. The Labute approximate surface area is 204 Å². The molecule has 14 heteroatoms. The van der Waals surface area contributed by atoms with Crippen LogP contribution in [-0.4, -0.2) is 124 Å². The van der Waals surface area contributed by atoms with Crippen molar-refractivity contribution in [3.8, 4) is 0 Å². The van der Waals surface area contributed by atoms with E-state index in [1.165, 1.54) is 24.3 Å². The number of β-lactam (4-membered cyclic amide) rings is 1. The molecule has 2 amide bonds. The number of nitrogens with zero attached hydrogens (tertiary/aromatic N) is 1. The predicted molar refractivity (Wildman–Crippen MR) is 97.2 cm³/mol. The summed E-state index contributed by atoms with van der Waals surface area (Å²) in [6, 6.07) is 3.84. The van der Waals surface area contributed by atoms with Gasteiger partial charge in [0.05, 0.1) is 7.11 Å². The van der Waals surface area contributed by atoms with Crippen LogP contribution in [0.25, 0.3) is 0 Å². The van der Waals surface area contributed by atoms with Crippen LogP contribution in [0.5, 0.6) is 0 Å². The van der Waals surface area contributed by atoms with Gasteiger partial charge in [0, 0.05) is 0 Å². The standard InChI is InChI=1S/C14H14N2O9S.2Na.2H/c1-25-14(21)10-9(12(18)16(10)26(22,23)24)15-11(17)8(13(19)20)7-5-3-2-4-6-7;;;;/h2-6,8-10H,1H3,(H,15,17)(H,19,20)(H,22,23,24);;;;/t8?,9-,10-;;;;/m1..../s1. The van der Waals surface area contributed by atoms with E-state index in [0.717, 1.165) is 7.11 Å². The van der Waals surface area contributed by atoms with Crippen LogP contribution in [0.4, 0.5) is 0 Å². The van der Waals surface area contributed by atoms with Crippen molar-refractivity contribution < 1.29 is 42.0 Å². The summed E-state index contributed by atoms with van der Waals surface area (Å²) < 4.78 is 35.6. The quantitative estimate of drug-likeness (QED) is 0.141. The summed E-state index contributed by atoms with van der Waals surface area (Å²) in [7, 11) is -4.15. The van der Waals surface area contributed by atoms with Crippen molar-refractivity contribution in [2.75, 3.05) is 7.11 Å². The Hall–Kier alpha value is -0.990. The summed E-state index contributed by atoms with van der Waals surface area (Å²) in [5.41, 5.74) is 0.116. The molecule has 3 atom stereocenters. The monoisotopic (exact) mass is 434 g/mol. The number of carboxylic acid groups (broad SMARTS) is 1. The maximum absolute atomic E-state index is 12.3. The van der Waals surface area contributed by atoms with Crippen LogP contribution in [0.15, 0.2) is 30.3 Å². The Balaban J connectivity index is 0.00000364. The summed E-state index contributed by atoms with van der Waals surface area (Å²) in [4.78, 5) is 47.4. The summed E-state index contributed by atoms with van der Waals surface area (Å²) >= 11 is 0. The number of ether oxygens (including phenoxy) is 1. The molecule has 0 spiro atoms. The second-order valence-corrected chi connectivity index (χ2v) is 6.54. The Kier molecular flexibility index (Phi) is 10.3. The molecule has 1 aliphatic heterocycles. The molecular formula is C14H16N2Na2O9S. The molecule has 0 radical (unpaired) electrons. The van der Waals surface area contributed by atoms with E-state index in [1.54, 1.807) is 6.07 Å². The zero-order valence-electron chi connectivity index (χ0n) is 13.2. The van der Waals surface area contributed by atoms with Crippen LogP contribution >= 0.6 is 0 Å². The molecule has 3 N–H and O–H groups in total. The minimum atomic E-state index is -5.06. The molecule has 1 fully saturated rings. The first kappa shape index (κ1) is 27.0. The van der Waals surface area contributed by atoms with Gasteiger partial charge in [-0.2, -0.15) is 12.7 Å². The van der Waals surface area contributed by atoms with Crippen LogP contribution in [0.3, 0.4) is 0 Å². The van der Waals surface area contributed by atoms with Crippen LogP contribution in [0, 0.1) is 0 Å². The third-order valence-corrected chi connectivity index (χ3v) is 4.59. The van der Waals surface area contributed by atoms with Gasteiger partial charge in [-0.1, -0.05) is 30.3 Å². The molecule has 1 heterocycles. The Morgan fingerprint density at radius 1 is 1.18 bits per heavy atom. The third kappa shape index (κ3) is 5.54. The van der Waals surface area contributed by atoms with Gasteiger partial charge >= 0.3 is 81.4 Å². The minimum absolute atomic E-state index is 0. The van der Waals surface area contributed by atoms with E-state index < -0.39 is 52.1 Å². The van der Waals surface area contributed by atoms with Gasteiger partial charge in [0.25, 0.3) is 5.91 Å². The van der Waals surface area contributed by atoms with E-state index >= 15 is 0 Å². The number of methoxy groups -OCH3 is 1. The van der Waals surface area contributed by atoms with Crippen molar-refractivity contribution in [1.29, 1.82) is 0 Å². The van der Waals surface area contributed by atoms with Crippen LogP contribution in [0.2, 0.25) is 0 Å². The molecule has 28 heavy (non-hydrogen) atoms. The number of hydrogen-bond donors (Lipinski definition) is 3. The number of carboxylic acids is 1. The fourth-order valence-corrected chi connectivity index (χ4v) is 3.34. The fraction of sp³-hybridized carbons (Fsp3) is 0.286. The van der Waals surface area contributed by atoms with Crippen molar-refractivity contribution in [3.05, 3.63) is 35.9 Å². The topological polar surface area (TPSA) is 167 Å². The molecule has 2 rings (SSSR count). The van der Waals surface area contributed by atoms with Gasteiger partial charge in [0.15, 0.2) is 12.0 Å². The van der Waals surface area contributed by atoms with Gasteiger partial charge in [-0.3, -0.25) is 18.9 Å². The van der Waals surface area contributed by atoms with Crippen molar-refractivity contribution in [3.63, 3.8) is 0 Å². The third-order valence-electron chi connectivity index (χ3n) is 3.68. The average Bonchev–Trinajstić information content (AvgIpc) is 2.56. The number of rotatable bonds is 6. The maximum atomic E-state index is 12.3. The van der Waals surface area contributed by atoms with E-state index in [0.29, 0.717) is 0 Å². The number of carbonyl (C=O) groups excluding carboxylic acids is 3. The molecular weight excluding hydrogens is 418 g/mol. The molecule has 1 saturated heterocycles. The number of aliphatic carboxylic acids is 1. The van der Waals surface area contributed by atoms with Crippen LogP contribution in [0.1, 0.15) is 11.5 Å². The number of hydrogen-bond acceptors (Lipinski definition) is 7. The predicted octanol–water partition coefficient (Wildman–Crippen LogP) is -2.77. The molecule has 144 valence electrons. The van der Waals surface area contributed by atoms with E-state index in [1.807, 2.05) is 5.32 Å². The van der Waals surface area contributed by atoms with Crippen molar-refractivity contribution in [2.45, 2.75) is 18.0 Å². The summed E-state index contributed by atoms with van der Waals surface area (Å²) in [6.07, 6.45) is 0. The van der Waals surface area contributed by atoms with Gasteiger partial charge in [-0.15, -0.1) is 0 Å². The number of nitrogens with one attached hydrogen (secondary N) is 1. The van der Waals surface area contributed by atoms with Crippen molar-refractivity contribution in [1.82, 2.24) is 9.62 Å². The first-order valence-electron chi connectivity index (χ1n) is 7.06. The Morgan fingerprint density at radius 3 is 2.14 bits per heavy atom. The van der Waals surface area contributed by atoms with E-state index in [2.05, 4.69) is 4.74 Å². The number of amides is 2. The zero-order valence-corrected chi connectivity index (χ0v) is 14.0. The van der Waals surface area contributed by atoms with Gasteiger partial charge in [-0.05, 0) is 5.56 Å². The molecule has 1 aliphatic rings. The first-order valence-corrected chi connectivity index (χ1v) is 8.46. The van der Waals surface area contributed by atoms with E-state index in [4.69, 9.17) is 4.55 Å². The molecule has 1 aromatic rings. The van der Waals surface area contributed by atoms with Crippen LogP contribution < -0.4 is 5.32 Å². The van der Waals surface area contributed by atoms with Gasteiger partial charge in [-0.25, -0.2) is 4.79 Å². The molecule has 1 aromatic carbocycles. The normalized spacial score (nSPS) is 19.2. The molecule has 0 saturated carbocycles. The Morgan fingerprint density at radius 2 is 1.71 bits per heavy atom. The molecule has 0 bridgehead atoms. The molecule has 1 unspecified atom stereocenters. The summed E-state index contributed by atoms with van der Waals surface area (Å²) in [6.45, 7) is 0. The number of carbonyl (C=O) groups is 4. The van der Waals surface area contributed by atoms with E-state index in [9.17, 15) is 32.7 Å². The van der Waals surface area contributed by atoms with Gasteiger partial charge < -0.3 is 15.2 Å². The van der Waals surface area contributed by atoms with Gasteiger partial charge in [0.1, 0.15) is 6.04 Å². The zero-order chi connectivity index (χ0) is 19.6. The van der Waals surface area contributed by atoms with E-state index in [-0.39, 0.29) is 69.0 Å². The second-order valence-electron chi connectivity index (χ2n) is 5.25. The summed E-state index contributed by atoms with van der Waals surface area (Å²) in [5, 5.41) is 11.3. The summed E-state index contributed by atoms with van der Waals surface area (Å²) in [5.74, 6) is -6.85. The van der Waals surface area contributed by atoms with Crippen molar-refractivity contribution >= 4 is 93.2 Å². The first-order chi connectivity index (χ1) is 12.1. The SMILES string of the molecule is COC(=O)[C@H]1[C@@H](NC(=O)C(C(=O)O)c2ccccc2)C(=O)N1S(=O)(=O)O.[NaH].[NaH]. The van der Waals surface area contributed by atoms with Crippen molar-refractivity contribution in [2.24, 2.45) is 0 Å². The second kappa shape index (κ2) is 10.7. The molecule has 11 nitrogen and oxygen atoms in total. The number of benzene rings is 1. The number of esters is 1. The fourth-order valence-electron chi connectivity index (χ4n) is 2.50. The Bertz CT molecular complexity index is 863.